The van der Waals surface area contributed by atoms with Gasteiger partial charge in [-0.1, -0.05) is 41.4 Å². The summed E-state index contributed by atoms with van der Waals surface area (Å²) in [7, 11) is 0. The molecule has 0 fully saturated rings. The quantitative estimate of drug-likeness (QED) is 0.825. The van der Waals surface area contributed by atoms with Crippen LogP contribution in [0.1, 0.15) is 12.0 Å². The summed E-state index contributed by atoms with van der Waals surface area (Å²) in [4.78, 5) is 11.7. The van der Waals surface area contributed by atoms with Crippen LogP contribution in [0.15, 0.2) is 42.5 Å². The smallest absolute Gasteiger partial charge is 0.222 e. The van der Waals surface area contributed by atoms with Crippen molar-refractivity contribution in [3.05, 3.63) is 63.9 Å². The largest absolute Gasteiger partial charge is 0.384 e. The van der Waals surface area contributed by atoms with Crippen LogP contribution in [-0.4, -0.2) is 12.5 Å². The van der Waals surface area contributed by atoms with Crippen LogP contribution in [0, 0.1) is 5.82 Å². The summed E-state index contributed by atoms with van der Waals surface area (Å²) in [6, 6.07) is 11.4. The summed E-state index contributed by atoms with van der Waals surface area (Å²) in [6.07, 6.45) is 0.262. The SMILES string of the molecule is O=C(CCNc1cc(Cl)cc(Cl)c1)NCc1ccccc1F. The van der Waals surface area contributed by atoms with Crippen LogP contribution in [0.4, 0.5) is 10.1 Å². The maximum absolute atomic E-state index is 13.4. The van der Waals surface area contributed by atoms with E-state index in [2.05, 4.69) is 10.6 Å². The molecule has 3 nitrogen and oxygen atoms in total. The normalized spacial score (nSPS) is 10.3. The Labute approximate surface area is 138 Å². The second-order valence-electron chi connectivity index (χ2n) is 4.70. The minimum absolute atomic E-state index is 0.163. The van der Waals surface area contributed by atoms with Gasteiger partial charge in [0.15, 0.2) is 0 Å². The van der Waals surface area contributed by atoms with Crippen molar-refractivity contribution in [1.29, 1.82) is 0 Å². The van der Waals surface area contributed by atoms with E-state index in [9.17, 15) is 9.18 Å². The van der Waals surface area contributed by atoms with E-state index in [0.29, 0.717) is 22.2 Å². The third kappa shape index (κ3) is 5.20. The molecule has 2 aromatic carbocycles. The first-order valence-corrected chi connectivity index (χ1v) is 7.50. The lowest BCUT2D eigenvalue weighted by molar-refractivity contribution is -0.121. The number of rotatable bonds is 6. The maximum Gasteiger partial charge on any atom is 0.222 e. The van der Waals surface area contributed by atoms with E-state index in [1.807, 2.05) is 0 Å². The predicted octanol–water partition coefficient (Wildman–Crippen LogP) is 4.25. The van der Waals surface area contributed by atoms with Gasteiger partial charge in [-0.05, 0) is 24.3 Å². The first-order valence-electron chi connectivity index (χ1n) is 6.74. The molecule has 116 valence electrons. The number of halogens is 3. The highest BCUT2D eigenvalue weighted by atomic mass is 35.5. The summed E-state index contributed by atoms with van der Waals surface area (Å²) in [6.45, 7) is 0.605. The number of amides is 1. The number of hydrogen-bond acceptors (Lipinski definition) is 2. The predicted molar refractivity (Wildman–Crippen MR) is 87.8 cm³/mol. The van der Waals surface area contributed by atoms with Crippen molar-refractivity contribution in [1.82, 2.24) is 5.32 Å². The van der Waals surface area contributed by atoms with Crippen molar-refractivity contribution in [2.45, 2.75) is 13.0 Å². The molecule has 0 saturated heterocycles. The molecular weight excluding hydrogens is 326 g/mol. The summed E-state index contributed by atoms with van der Waals surface area (Å²) in [5.41, 5.74) is 1.21. The lowest BCUT2D eigenvalue weighted by Crippen LogP contribution is -2.25. The Kier molecular flexibility index (Phi) is 6.04. The van der Waals surface area contributed by atoms with Crippen molar-refractivity contribution in [3.63, 3.8) is 0 Å². The second-order valence-corrected chi connectivity index (χ2v) is 5.58. The molecule has 2 aromatic rings. The van der Waals surface area contributed by atoms with Gasteiger partial charge in [0.05, 0.1) is 0 Å². The minimum atomic E-state index is -0.325. The summed E-state index contributed by atoms with van der Waals surface area (Å²) < 4.78 is 13.4. The molecule has 0 bridgehead atoms. The molecule has 2 N–H and O–H groups in total. The molecule has 0 radical (unpaired) electrons. The van der Waals surface area contributed by atoms with Gasteiger partial charge < -0.3 is 10.6 Å². The summed E-state index contributed by atoms with van der Waals surface area (Å²) in [5, 5.41) is 6.79. The van der Waals surface area contributed by atoms with E-state index in [-0.39, 0.29) is 24.7 Å². The minimum Gasteiger partial charge on any atom is -0.384 e. The molecule has 6 heteroatoms. The van der Waals surface area contributed by atoms with Gasteiger partial charge in [-0.3, -0.25) is 4.79 Å². The van der Waals surface area contributed by atoms with Crippen LogP contribution in [0.2, 0.25) is 10.0 Å². The van der Waals surface area contributed by atoms with Gasteiger partial charge in [0.1, 0.15) is 5.82 Å². The van der Waals surface area contributed by atoms with Crippen LogP contribution >= 0.6 is 23.2 Å². The Morgan fingerprint density at radius 3 is 2.45 bits per heavy atom. The van der Waals surface area contributed by atoms with Crippen LogP contribution in [0.3, 0.4) is 0 Å². The molecule has 2 rings (SSSR count). The van der Waals surface area contributed by atoms with Gasteiger partial charge in [0.25, 0.3) is 0 Å². The Balaban J connectivity index is 1.75. The highest BCUT2D eigenvalue weighted by Gasteiger charge is 2.05. The van der Waals surface area contributed by atoms with Crippen molar-refractivity contribution in [2.75, 3.05) is 11.9 Å². The third-order valence-electron chi connectivity index (χ3n) is 2.98. The van der Waals surface area contributed by atoms with Crippen molar-refractivity contribution in [3.8, 4) is 0 Å². The monoisotopic (exact) mass is 340 g/mol. The number of nitrogens with one attached hydrogen (secondary N) is 2. The van der Waals surface area contributed by atoms with Gasteiger partial charge in [-0.15, -0.1) is 0 Å². The summed E-state index contributed by atoms with van der Waals surface area (Å²) >= 11 is 11.8. The molecule has 0 aliphatic rings. The standard InChI is InChI=1S/C16H15Cl2FN2O/c17-12-7-13(18)9-14(8-12)20-6-5-16(22)21-10-11-3-1-2-4-15(11)19/h1-4,7-9,20H,5-6,10H2,(H,21,22). The Bertz CT molecular complexity index is 644. The fourth-order valence-electron chi connectivity index (χ4n) is 1.90. The zero-order chi connectivity index (χ0) is 15.9. The lowest BCUT2D eigenvalue weighted by Gasteiger charge is -2.09. The number of carbonyl (C=O) groups excluding carboxylic acids is 1. The molecule has 22 heavy (non-hydrogen) atoms. The highest BCUT2D eigenvalue weighted by molar-refractivity contribution is 6.35. The van der Waals surface area contributed by atoms with Gasteiger partial charge in [-0.25, -0.2) is 4.39 Å². The topological polar surface area (TPSA) is 41.1 Å². The van der Waals surface area contributed by atoms with E-state index in [1.165, 1.54) is 6.07 Å². The van der Waals surface area contributed by atoms with Crippen LogP contribution in [0.5, 0.6) is 0 Å². The third-order valence-corrected chi connectivity index (χ3v) is 3.41. The lowest BCUT2D eigenvalue weighted by atomic mass is 10.2. The van der Waals surface area contributed by atoms with Gasteiger partial charge in [-0.2, -0.15) is 0 Å². The molecule has 0 unspecified atom stereocenters. The van der Waals surface area contributed by atoms with Gasteiger partial charge >= 0.3 is 0 Å². The molecule has 1 amide bonds. The van der Waals surface area contributed by atoms with Crippen molar-refractivity contribution < 1.29 is 9.18 Å². The average molecular weight is 341 g/mol. The van der Waals surface area contributed by atoms with Crippen molar-refractivity contribution >= 4 is 34.8 Å². The fourth-order valence-corrected chi connectivity index (χ4v) is 2.43. The van der Waals surface area contributed by atoms with E-state index in [1.54, 1.807) is 36.4 Å². The van der Waals surface area contributed by atoms with E-state index in [4.69, 9.17) is 23.2 Å². The van der Waals surface area contributed by atoms with Gasteiger partial charge in [0.2, 0.25) is 5.91 Å². The van der Waals surface area contributed by atoms with Crippen LogP contribution in [0.25, 0.3) is 0 Å². The zero-order valence-electron chi connectivity index (χ0n) is 11.7. The highest BCUT2D eigenvalue weighted by Crippen LogP contribution is 2.22. The van der Waals surface area contributed by atoms with E-state index < -0.39 is 0 Å². The van der Waals surface area contributed by atoms with Crippen LogP contribution in [-0.2, 0) is 11.3 Å². The Morgan fingerprint density at radius 1 is 1.09 bits per heavy atom. The Morgan fingerprint density at radius 2 is 1.77 bits per heavy atom. The molecule has 0 aromatic heterocycles. The molecule has 0 saturated carbocycles. The van der Waals surface area contributed by atoms with Crippen molar-refractivity contribution in [2.24, 2.45) is 0 Å². The fraction of sp³-hybridized carbons (Fsp3) is 0.188. The van der Waals surface area contributed by atoms with E-state index >= 15 is 0 Å². The molecule has 0 aliphatic carbocycles. The molecule has 0 atom stereocenters. The molecular formula is C16H15Cl2FN2O. The van der Waals surface area contributed by atoms with Crippen LogP contribution < -0.4 is 10.6 Å². The molecule has 0 spiro atoms. The maximum atomic E-state index is 13.4. The number of carbonyl (C=O) groups is 1. The first-order chi connectivity index (χ1) is 10.5. The first kappa shape index (κ1) is 16.6. The summed E-state index contributed by atoms with van der Waals surface area (Å²) in [5.74, 6) is -0.488. The van der Waals surface area contributed by atoms with Gasteiger partial charge in [0, 0.05) is 40.8 Å². The molecule has 0 aliphatic heterocycles. The number of benzene rings is 2. The average Bonchev–Trinajstić information content (AvgIpc) is 2.45. The van der Waals surface area contributed by atoms with E-state index in [0.717, 1.165) is 5.69 Å². The molecule has 0 heterocycles. The number of anilines is 1. The zero-order valence-corrected chi connectivity index (χ0v) is 13.2. The number of hydrogen-bond donors (Lipinski definition) is 2. The second kappa shape index (κ2) is 8.01. The Hall–Kier alpha value is -1.78.